The number of nitrogens with one attached hydrogen (secondary N) is 1. The van der Waals surface area contributed by atoms with Crippen LogP contribution in [0.1, 0.15) is 87.5 Å². The number of hydrogen-bond donors (Lipinski definition) is 1. The van der Waals surface area contributed by atoms with Crippen molar-refractivity contribution in [2.75, 3.05) is 13.1 Å². The van der Waals surface area contributed by atoms with Gasteiger partial charge in [0.25, 0.3) is 0 Å². The molecule has 1 saturated carbocycles. The molecule has 0 aromatic heterocycles. The van der Waals surface area contributed by atoms with Gasteiger partial charge in [-0.2, -0.15) is 0 Å². The summed E-state index contributed by atoms with van der Waals surface area (Å²) in [6.07, 6.45) is 7.36. The Morgan fingerprint density at radius 3 is 1.35 bits per heavy atom. The summed E-state index contributed by atoms with van der Waals surface area (Å²) in [5.41, 5.74) is 0. The van der Waals surface area contributed by atoms with Gasteiger partial charge in [-0.3, -0.25) is 0 Å². The maximum absolute atomic E-state index is 3.35. The monoisotopic (exact) mass is 285 g/mol. The molecule has 1 heterocycles. The van der Waals surface area contributed by atoms with Crippen LogP contribution in [0, 0.1) is 23.7 Å². The molecule has 1 atom stereocenters. The molecule has 1 nitrogen and oxygen atoms in total. The first-order valence-electron chi connectivity index (χ1n) is 9.32. The Morgan fingerprint density at radius 1 is 0.700 bits per heavy atom. The lowest BCUT2D eigenvalue weighted by Gasteiger charge is -2.11. The van der Waals surface area contributed by atoms with E-state index in [9.17, 15) is 0 Å². The third-order valence-electron chi connectivity index (χ3n) is 4.38. The average molecular weight is 286 g/mol. The van der Waals surface area contributed by atoms with E-state index < -0.39 is 0 Å². The lowest BCUT2D eigenvalue weighted by Crippen LogP contribution is -2.12. The van der Waals surface area contributed by atoms with Crippen LogP contribution in [0.4, 0.5) is 0 Å². The van der Waals surface area contributed by atoms with Crippen LogP contribution in [0.25, 0.3) is 0 Å². The molecule has 0 spiro atoms. The summed E-state index contributed by atoms with van der Waals surface area (Å²) < 4.78 is 0. The van der Waals surface area contributed by atoms with Crippen LogP contribution in [-0.2, 0) is 0 Å². The zero-order chi connectivity index (χ0) is 16.0. The summed E-state index contributed by atoms with van der Waals surface area (Å²) in [5.74, 6) is 3.84. The Hall–Kier alpha value is -0.0400. The van der Waals surface area contributed by atoms with Gasteiger partial charge in [0.15, 0.2) is 0 Å². The predicted octanol–water partition coefficient (Wildman–Crippen LogP) is 6.14. The molecule has 1 saturated heterocycles. The van der Waals surface area contributed by atoms with Gasteiger partial charge in [0, 0.05) is 0 Å². The van der Waals surface area contributed by atoms with E-state index in [1.165, 1.54) is 45.2 Å². The van der Waals surface area contributed by atoms with Crippen LogP contribution in [0.5, 0.6) is 0 Å². The molecule has 2 rings (SSSR count). The minimum absolute atomic E-state index is 0.880. The normalized spacial score (nSPS) is 21.6. The number of rotatable bonds is 2. The van der Waals surface area contributed by atoms with Crippen molar-refractivity contribution in [2.24, 2.45) is 23.7 Å². The molecular formula is C19H43N. The summed E-state index contributed by atoms with van der Waals surface area (Å²) in [4.78, 5) is 0. The Bertz CT molecular complexity index is 143. The van der Waals surface area contributed by atoms with Gasteiger partial charge in [0.1, 0.15) is 0 Å². The minimum Gasteiger partial charge on any atom is -0.316 e. The van der Waals surface area contributed by atoms with Gasteiger partial charge < -0.3 is 5.32 Å². The highest BCUT2D eigenvalue weighted by molar-refractivity contribution is 4.73. The molecule has 2 aliphatic rings. The Balaban J connectivity index is 0. The van der Waals surface area contributed by atoms with Gasteiger partial charge >= 0.3 is 0 Å². The van der Waals surface area contributed by atoms with Crippen LogP contribution in [-0.4, -0.2) is 13.1 Å². The molecule has 2 fully saturated rings. The SMILES string of the molecule is CC.CC.CC(C)C1CCCC1.CC(C)C1CCNC1. The Labute approximate surface area is 130 Å². The molecule has 0 aromatic rings. The molecule has 1 unspecified atom stereocenters. The molecule has 0 radical (unpaired) electrons. The van der Waals surface area contributed by atoms with Crippen molar-refractivity contribution in [2.45, 2.75) is 87.5 Å². The largest absolute Gasteiger partial charge is 0.316 e. The lowest BCUT2D eigenvalue weighted by atomic mass is 9.95. The molecule has 1 heteroatoms. The van der Waals surface area contributed by atoms with Crippen molar-refractivity contribution in [1.29, 1.82) is 0 Å². The van der Waals surface area contributed by atoms with E-state index in [-0.39, 0.29) is 0 Å². The predicted molar refractivity (Wildman–Crippen MR) is 95.3 cm³/mol. The third-order valence-corrected chi connectivity index (χ3v) is 4.38. The van der Waals surface area contributed by atoms with Crippen LogP contribution in [0.15, 0.2) is 0 Å². The molecule has 0 amide bonds. The first kappa shape index (κ1) is 22.2. The topological polar surface area (TPSA) is 12.0 Å². The van der Waals surface area contributed by atoms with Crippen molar-refractivity contribution in [3.63, 3.8) is 0 Å². The van der Waals surface area contributed by atoms with Crippen molar-refractivity contribution in [1.82, 2.24) is 5.32 Å². The fraction of sp³-hybridized carbons (Fsp3) is 1.00. The number of hydrogen-bond acceptors (Lipinski definition) is 1. The van der Waals surface area contributed by atoms with Crippen LogP contribution >= 0.6 is 0 Å². The highest BCUT2D eigenvalue weighted by Crippen LogP contribution is 2.30. The second-order valence-corrected chi connectivity index (χ2v) is 6.29. The molecule has 124 valence electrons. The standard InChI is InChI=1S/C8H16.C7H15N.2C2H6/c1-7(2)8-5-3-4-6-8;1-6(2)7-3-4-8-5-7;2*1-2/h7-8H,3-6H2,1-2H3;6-8H,3-5H2,1-2H3;2*1-2H3. The summed E-state index contributed by atoms with van der Waals surface area (Å²) in [5, 5.41) is 3.35. The summed E-state index contributed by atoms with van der Waals surface area (Å²) in [6.45, 7) is 19.8. The van der Waals surface area contributed by atoms with Crippen LogP contribution in [0.2, 0.25) is 0 Å². The van der Waals surface area contributed by atoms with E-state index in [2.05, 4.69) is 33.0 Å². The molecule has 1 N–H and O–H groups in total. The Morgan fingerprint density at radius 2 is 1.15 bits per heavy atom. The van der Waals surface area contributed by atoms with Gasteiger partial charge in [0.05, 0.1) is 0 Å². The molecule has 20 heavy (non-hydrogen) atoms. The fourth-order valence-electron chi connectivity index (χ4n) is 2.87. The summed E-state index contributed by atoms with van der Waals surface area (Å²) >= 11 is 0. The second kappa shape index (κ2) is 15.4. The van der Waals surface area contributed by atoms with E-state index in [4.69, 9.17) is 0 Å². The van der Waals surface area contributed by atoms with Crippen LogP contribution in [0.3, 0.4) is 0 Å². The van der Waals surface area contributed by atoms with Gasteiger partial charge in [-0.25, -0.2) is 0 Å². The molecule has 0 aromatic carbocycles. The first-order chi connectivity index (χ1) is 9.61. The maximum Gasteiger partial charge on any atom is -0.00176 e. The zero-order valence-corrected chi connectivity index (χ0v) is 15.8. The smallest absolute Gasteiger partial charge is 0.00176 e. The quantitative estimate of drug-likeness (QED) is 0.643. The van der Waals surface area contributed by atoms with E-state index in [0.717, 1.165) is 23.7 Å². The summed E-state index contributed by atoms with van der Waals surface area (Å²) in [7, 11) is 0. The first-order valence-corrected chi connectivity index (χ1v) is 9.32. The van der Waals surface area contributed by atoms with Crippen LogP contribution < -0.4 is 5.32 Å². The van der Waals surface area contributed by atoms with Crippen molar-refractivity contribution in [3.05, 3.63) is 0 Å². The maximum atomic E-state index is 3.35. The minimum atomic E-state index is 0.880. The van der Waals surface area contributed by atoms with Crippen molar-refractivity contribution in [3.8, 4) is 0 Å². The highest BCUT2D eigenvalue weighted by atomic mass is 14.9. The van der Waals surface area contributed by atoms with E-state index in [0.29, 0.717) is 0 Å². The average Bonchev–Trinajstić information content (AvgIpc) is 3.17. The van der Waals surface area contributed by atoms with Gasteiger partial charge in [0.2, 0.25) is 0 Å². The lowest BCUT2D eigenvalue weighted by molar-refractivity contribution is 0.396. The second-order valence-electron chi connectivity index (χ2n) is 6.29. The van der Waals surface area contributed by atoms with Gasteiger partial charge in [-0.05, 0) is 43.2 Å². The van der Waals surface area contributed by atoms with E-state index in [1.807, 2.05) is 27.7 Å². The third kappa shape index (κ3) is 10.7. The fourth-order valence-corrected chi connectivity index (χ4v) is 2.87. The van der Waals surface area contributed by atoms with E-state index >= 15 is 0 Å². The van der Waals surface area contributed by atoms with Crippen molar-refractivity contribution < 1.29 is 0 Å². The highest BCUT2D eigenvalue weighted by Gasteiger charge is 2.17. The molecule has 0 bridgehead atoms. The molecule has 1 aliphatic carbocycles. The summed E-state index contributed by atoms with van der Waals surface area (Å²) in [6, 6.07) is 0. The Kier molecular flexibility index (Phi) is 17.1. The van der Waals surface area contributed by atoms with Gasteiger partial charge in [-0.1, -0.05) is 81.1 Å². The zero-order valence-electron chi connectivity index (χ0n) is 15.8. The van der Waals surface area contributed by atoms with Crippen molar-refractivity contribution >= 4 is 0 Å². The van der Waals surface area contributed by atoms with Gasteiger partial charge in [-0.15, -0.1) is 0 Å². The van der Waals surface area contributed by atoms with E-state index in [1.54, 1.807) is 0 Å². The molecular weight excluding hydrogens is 242 g/mol. The molecule has 1 aliphatic heterocycles.